The third-order valence-corrected chi connectivity index (χ3v) is 2.83. The lowest BCUT2D eigenvalue weighted by molar-refractivity contribution is -0.130. The fourth-order valence-electron chi connectivity index (χ4n) is 1.66. The smallest absolute Gasteiger partial charge is 0.237 e. The fourth-order valence-corrected chi connectivity index (χ4v) is 1.66. The van der Waals surface area contributed by atoms with Crippen LogP contribution in [0.15, 0.2) is 0 Å². The molecule has 0 aromatic heterocycles. The number of nitrogens with zero attached hydrogens (tertiary/aromatic N) is 2. The van der Waals surface area contributed by atoms with Crippen LogP contribution >= 0.6 is 0 Å². The number of carbonyl (C=O) groups is 1. The summed E-state index contributed by atoms with van der Waals surface area (Å²) in [4.78, 5) is 13.0. The molecule has 1 saturated heterocycles. The van der Waals surface area contributed by atoms with Gasteiger partial charge in [-0.05, 0) is 13.8 Å². The van der Waals surface area contributed by atoms with Crippen molar-refractivity contribution in [3.05, 3.63) is 0 Å². The molecule has 6 heteroatoms. The summed E-state index contributed by atoms with van der Waals surface area (Å²) < 4.78 is 13.1. The zero-order chi connectivity index (χ0) is 13.1. The molecule has 1 amide bonds. The maximum absolute atomic E-state index is 13.1. The van der Waals surface area contributed by atoms with Crippen LogP contribution in [0, 0.1) is 11.3 Å². The number of halogens is 1. The van der Waals surface area contributed by atoms with Crippen LogP contribution in [0.4, 0.5) is 4.39 Å². The predicted molar refractivity (Wildman–Crippen MR) is 59.8 cm³/mol. The van der Waals surface area contributed by atoms with Gasteiger partial charge in [-0.2, -0.15) is 5.26 Å². The van der Waals surface area contributed by atoms with E-state index in [4.69, 9.17) is 10.4 Å². The third kappa shape index (κ3) is 3.65. The summed E-state index contributed by atoms with van der Waals surface area (Å²) in [7, 11) is 0. The second kappa shape index (κ2) is 5.43. The Hall–Kier alpha value is -1.19. The molecule has 1 heterocycles. The molecular weight excluding hydrogens is 225 g/mol. The molecule has 0 aliphatic carbocycles. The Kier molecular flexibility index (Phi) is 4.43. The Morgan fingerprint density at radius 1 is 1.71 bits per heavy atom. The van der Waals surface area contributed by atoms with Crippen molar-refractivity contribution in [1.29, 1.82) is 5.26 Å². The molecule has 0 aromatic carbocycles. The quantitative estimate of drug-likeness (QED) is 0.717. The standard InChI is InChI=1S/C11H18FN3O2/c1-11(2,7-16)14-5-10(17)15-6-8(12)3-9(15)4-13/h8-9,14,16H,3,5-7H2,1-2H3/t8-,9-/m0/s1. The fraction of sp³-hybridized carbons (Fsp3) is 0.818. The van der Waals surface area contributed by atoms with E-state index >= 15 is 0 Å². The van der Waals surface area contributed by atoms with Crippen LogP contribution in [0.3, 0.4) is 0 Å². The first-order chi connectivity index (χ1) is 7.89. The van der Waals surface area contributed by atoms with E-state index in [2.05, 4.69) is 5.32 Å². The molecule has 0 aromatic rings. The number of carbonyl (C=O) groups excluding carboxylic acids is 1. The first-order valence-corrected chi connectivity index (χ1v) is 5.58. The Bertz CT molecular complexity index is 327. The number of rotatable bonds is 4. The Balaban J connectivity index is 2.51. The van der Waals surface area contributed by atoms with Gasteiger partial charge in [0.05, 0.1) is 25.8 Å². The minimum Gasteiger partial charge on any atom is -0.394 e. The highest BCUT2D eigenvalue weighted by Crippen LogP contribution is 2.19. The zero-order valence-corrected chi connectivity index (χ0v) is 10.1. The van der Waals surface area contributed by atoms with Crippen LogP contribution in [-0.4, -0.2) is 53.4 Å². The number of likely N-dealkylation sites (tertiary alicyclic amines) is 1. The van der Waals surface area contributed by atoms with Crippen LogP contribution in [0.5, 0.6) is 0 Å². The van der Waals surface area contributed by atoms with Crippen molar-refractivity contribution < 1.29 is 14.3 Å². The summed E-state index contributed by atoms with van der Waals surface area (Å²) in [5, 5.41) is 20.7. The van der Waals surface area contributed by atoms with Crippen molar-refractivity contribution in [2.75, 3.05) is 19.7 Å². The molecule has 1 rings (SSSR count). The summed E-state index contributed by atoms with van der Waals surface area (Å²) in [6.45, 7) is 3.39. The van der Waals surface area contributed by atoms with Gasteiger partial charge >= 0.3 is 0 Å². The number of nitriles is 1. The van der Waals surface area contributed by atoms with E-state index in [0.717, 1.165) is 0 Å². The van der Waals surface area contributed by atoms with E-state index in [1.165, 1.54) is 4.90 Å². The minimum atomic E-state index is -1.12. The molecule has 0 spiro atoms. The molecule has 17 heavy (non-hydrogen) atoms. The van der Waals surface area contributed by atoms with E-state index in [9.17, 15) is 9.18 Å². The SMILES string of the molecule is CC(C)(CO)NCC(=O)N1C[C@@H](F)C[C@H]1C#N. The van der Waals surface area contributed by atoms with Crippen molar-refractivity contribution in [2.24, 2.45) is 0 Å². The van der Waals surface area contributed by atoms with Gasteiger partial charge in [0.25, 0.3) is 0 Å². The number of amides is 1. The van der Waals surface area contributed by atoms with E-state index in [1.807, 2.05) is 6.07 Å². The highest BCUT2D eigenvalue weighted by Gasteiger charge is 2.35. The van der Waals surface area contributed by atoms with Crippen molar-refractivity contribution in [1.82, 2.24) is 10.2 Å². The molecule has 2 N–H and O–H groups in total. The first-order valence-electron chi connectivity index (χ1n) is 5.58. The van der Waals surface area contributed by atoms with Gasteiger partial charge in [-0.25, -0.2) is 4.39 Å². The number of aliphatic hydroxyl groups is 1. The summed E-state index contributed by atoms with van der Waals surface area (Å²) in [6, 6.07) is 1.25. The normalized spacial score (nSPS) is 24.8. The van der Waals surface area contributed by atoms with E-state index in [1.54, 1.807) is 13.8 Å². The van der Waals surface area contributed by atoms with Crippen LogP contribution in [0.2, 0.25) is 0 Å². The average molecular weight is 243 g/mol. The topological polar surface area (TPSA) is 76.4 Å². The van der Waals surface area contributed by atoms with Crippen LogP contribution in [-0.2, 0) is 4.79 Å². The molecule has 0 saturated carbocycles. The van der Waals surface area contributed by atoms with E-state index in [-0.39, 0.29) is 32.0 Å². The highest BCUT2D eigenvalue weighted by atomic mass is 19.1. The molecule has 5 nitrogen and oxygen atoms in total. The minimum absolute atomic E-state index is 0.00153. The van der Waals surface area contributed by atoms with Crippen LogP contribution in [0.1, 0.15) is 20.3 Å². The van der Waals surface area contributed by atoms with Crippen molar-refractivity contribution in [2.45, 2.75) is 38.0 Å². The Morgan fingerprint density at radius 2 is 2.35 bits per heavy atom. The van der Waals surface area contributed by atoms with Gasteiger partial charge in [0, 0.05) is 12.0 Å². The number of hydrogen-bond donors (Lipinski definition) is 2. The lowest BCUT2D eigenvalue weighted by Crippen LogP contribution is -2.49. The maximum atomic E-state index is 13.1. The van der Waals surface area contributed by atoms with Gasteiger partial charge in [0.15, 0.2) is 0 Å². The molecule has 1 aliphatic rings. The summed E-state index contributed by atoms with van der Waals surface area (Å²) in [5.74, 6) is -0.307. The molecule has 0 unspecified atom stereocenters. The molecule has 1 fully saturated rings. The van der Waals surface area contributed by atoms with Gasteiger partial charge in [-0.15, -0.1) is 0 Å². The van der Waals surface area contributed by atoms with Gasteiger partial charge in [0.2, 0.25) is 5.91 Å². The zero-order valence-electron chi connectivity index (χ0n) is 10.1. The van der Waals surface area contributed by atoms with Gasteiger partial charge in [-0.3, -0.25) is 4.79 Å². The molecule has 0 bridgehead atoms. The second-order valence-corrected chi connectivity index (χ2v) is 4.92. The third-order valence-electron chi connectivity index (χ3n) is 2.83. The van der Waals surface area contributed by atoms with Gasteiger partial charge in [-0.1, -0.05) is 0 Å². The highest BCUT2D eigenvalue weighted by molar-refractivity contribution is 5.79. The molecule has 2 atom stereocenters. The lowest BCUT2D eigenvalue weighted by Gasteiger charge is -2.26. The van der Waals surface area contributed by atoms with Crippen molar-refractivity contribution in [3.63, 3.8) is 0 Å². The molecular formula is C11H18FN3O2. The van der Waals surface area contributed by atoms with Crippen molar-refractivity contribution in [3.8, 4) is 6.07 Å². The maximum Gasteiger partial charge on any atom is 0.237 e. The van der Waals surface area contributed by atoms with Crippen LogP contribution < -0.4 is 5.32 Å². The van der Waals surface area contributed by atoms with E-state index < -0.39 is 17.8 Å². The summed E-state index contributed by atoms with van der Waals surface area (Å²) >= 11 is 0. The average Bonchev–Trinajstić information content (AvgIpc) is 2.67. The van der Waals surface area contributed by atoms with Crippen molar-refractivity contribution >= 4 is 5.91 Å². The Labute approximate surface area is 100 Å². The number of aliphatic hydroxyl groups excluding tert-OH is 1. The molecule has 1 aliphatic heterocycles. The Morgan fingerprint density at radius 3 is 2.88 bits per heavy atom. The lowest BCUT2D eigenvalue weighted by atomic mass is 10.1. The second-order valence-electron chi connectivity index (χ2n) is 4.92. The van der Waals surface area contributed by atoms with Gasteiger partial charge in [0.1, 0.15) is 12.2 Å². The number of alkyl halides is 1. The number of hydrogen-bond acceptors (Lipinski definition) is 4. The first kappa shape index (κ1) is 13.9. The summed E-state index contributed by atoms with van der Waals surface area (Å²) in [6.07, 6.45) is -1.03. The molecule has 0 radical (unpaired) electrons. The largest absolute Gasteiger partial charge is 0.394 e. The molecule has 96 valence electrons. The summed E-state index contributed by atoms with van der Waals surface area (Å²) in [5.41, 5.74) is -0.563. The monoisotopic (exact) mass is 243 g/mol. The predicted octanol–water partition coefficient (Wildman–Crippen LogP) is -0.191. The van der Waals surface area contributed by atoms with Gasteiger partial charge < -0.3 is 15.3 Å². The number of nitrogens with one attached hydrogen (secondary N) is 1. The van der Waals surface area contributed by atoms with E-state index in [0.29, 0.717) is 0 Å². The van der Waals surface area contributed by atoms with Crippen LogP contribution in [0.25, 0.3) is 0 Å².